The Morgan fingerprint density at radius 2 is 2.25 bits per heavy atom. The molecule has 0 bridgehead atoms. The summed E-state index contributed by atoms with van der Waals surface area (Å²) in [6, 6.07) is 0. The van der Waals surface area contributed by atoms with Crippen molar-refractivity contribution < 1.29 is 9.09 Å². The van der Waals surface area contributed by atoms with Crippen LogP contribution in [0.1, 0.15) is 6.92 Å². The maximum atomic E-state index is 11.1. The second-order valence-corrected chi connectivity index (χ2v) is 6.64. The van der Waals surface area contributed by atoms with Gasteiger partial charge in [-0.15, -0.1) is 0 Å². The van der Waals surface area contributed by atoms with Gasteiger partial charge in [-0.25, -0.2) is 0 Å². The summed E-state index contributed by atoms with van der Waals surface area (Å²) in [4.78, 5) is 0. The first-order chi connectivity index (χ1) is 3.68. The van der Waals surface area contributed by atoms with E-state index in [9.17, 15) is 4.57 Å². The van der Waals surface area contributed by atoms with Crippen LogP contribution in [0.3, 0.4) is 0 Å². The van der Waals surface area contributed by atoms with Gasteiger partial charge in [0.05, 0.1) is 0 Å². The molecule has 0 unspecified atom stereocenters. The van der Waals surface area contributed by atoms with E-state index in [0.29, 0.717) is 6.16 Å². The lowest BCUT2D eigenvalue weighted by Gasteiger charge is -2.08. The van der Waals surface area contributed by atoms with Crippen LogP contribution in [0.15, 0.2) is 0 Å². The van der Waals surface area contributed by atoms with Gasteiger partial charge in [0.2, 0.25) is 0 Å². The van der Waals surface area contributed by atoms with E-state index >= 15 is 0 Å². The molecule has 0 amide bonds. The fraction of sp³-hybridized carbons (Fsp3) is 1.00. The van der Waals surface area contributed by atoms with Gasteiger partial charge in [-0.1, -0.05) is 18.3 Å². The third-order valence-electron chi connectivity index (χ3n) is 0.944. The van der Waals surface area contributed by atoms with Crippen molar-refractivity contribution in [2.45, 2.75) is 6.92 Å². The number of rotatable bonds is 3. The van der Waals surface area contributed by atoms with Crippen LogP contribution in [0.5, 0.6) is 0 Å². The molecule has 0 aliphatic rings. The maximum Gasteiger partial charge on any atom is 0.256 e. The highest BCUT2D eigenvalue weighted by Gasteiger charge is 2.14. The molecular formula is C4H11O2PS. The molecule has 0 spiro atoms. The van der Waals surface area contributed by atoms with Gasteiger partial charge in [0.25, 0.3) is 6.57 Å². The van der Waals surface area contributed by atoms with Crippen LogP contribution < -0.4 is 0 Å². The van der Waals surface area contributed by atoms with Gasteiger partial charge in [-0.05, 0) is 6.26 Å². The largest absolute Gasteiger partial charge is 0.324 e. The minimum Gasteiger partial charge on any atom is -0.324 e. The third-order valence-corrected chi connectivity index (χ3v) is 5.72. The van der Waals surface area contributed by atoms with Crippen molar-refractivity contribution in [3.05, 3.63) is 0 Å². The van der Waals surface area contributed by atoms with E-state index in [0.717, 1.165) is 0 Å². The minimum atomic E-state index is -2.25. The summed E-state index contributed by atoms with van der Waals surface area (Å²) in [5.74, 6) is 0. The minimum absolute atomic E-state index is 0.616. The molecule has 0 fully saturated rings. The lowest BCUT2D eigenvalue weighted by Crippen LogP contribution is -1.80. The van der Waals surface area contributed by atoms with Crippen molar-refractivity contribution in [2.24, 2.45) is 0 Å². The van der Waals surface area contributed by atoms with Crippen molar-refractivity contribution >= 4 is 18.0 Å². The fourth-order valence-corrected chi connectivity index (χ4v) is 2.22. The van der Waals surface area contributed by atoms with E-state index < -0.39 is 6.57 Å². The molecule has 50 valence electrons. The predicted octanol–water partition coefficient (Wildman–Crippen LogP) is 2.21. The average molecular weight is 154 g/mol. The van der Waals surface area contributed by atoms with Gasteiger partial charge in [-0.2, -0.15) is 0 Å². The lowest BCUT2D eigenvalue weighted by molar-refractivity contribution is 0.410. The molecule has 0 rings (SSSR count). The van der Waals surface area contributed by atoms with Gasteiger partial charge < -0.3 is 4.52 Å². The lowest BCUT2D eigenvalue weighted by atomic mass is 11.0. The number of hydrogen-bond donors (Lipinski definition) is 0. The van der Waals surface area contributed by atoms with Gasteiger partial charge in [0, 0.05) is 13.3 Å². The van der Waals surface area contributed by atoms with E-state index in [-0.39, 0.29) is 0 Å². The van der Waals surface area contributed by atoms with Gasteiger partial charge in [-0.3, -0.25) is 4.57 Å². The maximum absolute atomic E-state index is 11.1. The Labute approximate surface area is 54.2 Å². The molecule has 0 saturated carbocycles. The SMILES string of the molecule is CC[P@](=O)(OC)SC. The Hall–Kier alpha value is 0.540. The summed E-state index contributed by atoms with van der Waals surface area (Å²) < 4.78 is 15.8. The molecule has 2 nitrogen and oxygen atoms in total. The summed E-state index contributed by atoms with van der Waals surface area (Å²) in [6.07, 6.45) is 2.42. The Balaban J connectivity index is 3.79. The highest BCUT2D eigenvalue weighted by molar-refractivity contribution is 8.56. The zero-order chi connectivity index (χ0) is 6.62. The standard InChI is InChI=1S/C4H11O2PS/c1-4-7(5,6-2)8-3/h4H2,1-3H3/t7-/m0/s1. The molecule has 0 N–H and O–H groups in total. The first kappa shape index (κ1) is 8.54. The highest BCUT2D eigenvalue weighted by Crippen LogP contribution is 2.56. The smallest absolute Gasteiger partial charge is 0.256 e. The third kappa shape index (κ3) is 2.21. The van der Waals surface area contributed by atoms with E-state index in [4.69, 9.17) is 4.52 Å². The topological polar surface area (TPSA) is 26.3 Å². The normalized spacial score (nSPS) is 17.9. The summed E-state index contributed by atoms with van der Waals surface area (Å²) in [6.45, 7) is -0.383. The quantitative estimate of drug-likeness (QED) is 0.583. The fourth-order valence-electron chi connectivity index (χ4n) is 0.333. The molecule has 0 saturated heterocycles. The van der Waals surface area contributed by atoms with E-state index in [1.807, 2.05) is 6.92 Å². The Bertz CT molecular complexity index is 85.2. The molecule has 4 heteroatoms. The molecule has 0 aromatic heterocycles. The predicted molar refractivity (Wildman–Crippen MR) is 38.7 cm³/mol. The van der Waals surface area contributed by atoms with Crippen LogP contribution in [0.25, 0.3) is 0 Å². The first-order valence-corrected chi connectivity index (χ1v) is 6.03. The Morgan fingerprint density at radius 3 is 2.25 bits per heavy atom. The summed E-state index contributed by atoms with van der Waals surface area (Å²) in [5.41, 5.74) is 0. The summed E-state index contributed by atoms with van der Waals surface area (Å²) >= 11 is 1.31. The second kappa shape index (κ2) is 3.54. The molecule has 0 heterocycles. The molecule has 0 aromatic carbocycles. The van der Waals surface area contributed by atoms with Crippen LogP contribution in [0, 0.1) is 0 Å². The summed E-state index contributed by atoms with van der Waals surface area (Å²) in [5, 5.41) is 0. The van der Waals surface area contributed by atoms with Crippen LogP contribution >= 0.6 is 18.0 Å². The number of hydrogen-bond acceptors (Lipinski definition) is 3. The van der Waals surface area contributed by atoms with Crippen molar-refractivity contribution in [1.82, 2.24) is 0 Å². The van der Waals surface area contributed by atoms with Gasteiger partial charge in [0.15, 0.2) is 0 Å². The Morgan fingerprint density at radius 1 is 1.75 bits per heavy atom. The van der Waals surface area contributed by atoms with Crippen LogP contribution in [0.4, 0.5) is 0 Å². The molecule has 1 atom stereocenters. The van der Waals surface area contributed by atoms with Crippen LogP contribution in [-0.2, 0) is 9.09 Å². The van der Waals surface area contributed by atoms with Crippen molar-refractivity contribution in [1.29, 1.82) is 0 Å². The Kier molecular flexibility index (Phi) is 3.78. The second-order valence-electron chi connectivity index (χ2n) is 1.29. The van der Waals surface area contributed by atoms with E-state index in [2.05, 4.69) is 0 Å². The molecular weight excluding hydrogens is 143 g/mol. The van der Waals surface area contributed by atoms with Gasteiger partial charge in [0.1, 0.15) is 0 Å². The molecule has 0 aromatic rings. The average Bonchev–Trinajstić information content (AvgIpc) is 1.87. The van der Waals surface area contributed by atoms with Gasteiger partial charge >= 0.3 is 0 Å². The van der Waals surface area contributed by atoms with Crippen LogP contribution in [-0.4, -0.2) is 19.5 Å². The molecule has 0 radical (unpaired) electrons. The monoisotopic (exact) mass is 154 g/mol. The first-order valence-electron chi connectivity index (χ1n) is 2.39. The molecule has 0 aliphatic carbocycles. The highest BCUT2D eigenvalue weighted by atomic mass is 32.7. The van der Waals surface area contributed by atoms with E-state index in [1.54, 1.807) is 6.26 Å². The zero-order valence-electron chi connectivity index (χ0n) is 5.38. The molecule has 8 heavy (non-hydrogen) atoms. The van der Waals surface area contributed by atoms with Crippen LogP contribution in [0.2, 0.25) is 0 Å². The van der Waals surface area contributed by atoms with Crippen molar-refractivity contribution in [3.8, 4) is 0 Å². The van der Waals surface area contributed by atoms with Crippen molar-refractivity contribution in [2.75, 3.05) is 19.5 Å². The van der Waals surface area contributed by atoms with Crippen molar-refractivity contribution in [3.63, 3.8) is 0 Å². The molecule has 0 aliphatic heterocycles. The van der Waals surface area contributed by atoms with E-state index in [1.165, 1.54) is 18.5 Å². The zero-order valence-corrected chi connectivity index (χ0v) is 7.09. The summed E-state index contributed by atoms with van der Waals surface area (Å²) in [7, 11) is 1.49.